The molecule has 1 atom stereocenters. The molecule has 5 nitrogen and oxygen atoms in total. The molecular formula is C25H24FIN2O3. The largest absolute Gasteiger partial charge is 0.326 e. The molecule has 0 N–H and O–H groups in total. The Morgan fingerprint density at radius 2 is 1.84 bits per heavy atom. The second-order valence-electron chi connectivity index (χ2n) is 8.10. The number of hydrogen-bond donors (Lipinski definition) is 0. The van der Waals surface area contributed by atoms with E-state index in [-0.39, 0.29) is 24.4 Å². The molecule has 1 fully saturated rings. The number of amides is 3. The average Bonchev–Trinajstić information content (AvgIpc) is 3.09. The van der Waals surface area contributed by atoms with Gasteiger partial charge in [-0.1, -0.05) is 23.8 Å². The maximum atomic E-state index is 14.4. The Bertz CT molecular complexity index is 1070. The zero-order chi connectivity index (χ0) is 22.7. The van der Waals surface area contributed by atoms with E-state index < -0.39 is 23.7 Å². The molecule has 0 radical (unpaired) electrons. The topological polar surface area (TPSA) is 57.7 Å². The SMILES string of the molecule is O=C1CC(N(CCC2=CCCCC2)C(=O)c2ccccc2F)C(=O)N1c1ccc(I)cc1. The summed E-state index contributed by atoms with van der Waals surface area (Å²) < 4.78 is 15.4. The van der Waals surface area contributed by atoms with Crippen LogP contribution in [0, 0.1) is 9.39 Å². The second-order valence-corrected chi connectivity index (χ2v) is 9.35. The Labute approximate surface area is 200 Å². The quantitative estimate of drug-likeness (QED) is 0.288. The van der Waals surface area contributed by atoms with Crippen molar-refractivity contribution in [3.63, 3.8) is 0 Å². The van der Waals surface area contributed by atoms with Crippen LogP contribution in [0.5, 0.6) is 0 Å². The molecule has 2 aromatic rings. The molecule has 1 aliphatic heterocycles. The lowest BCUT2D eigenvalue weighted by Gasteiger charge is -2.29. The molecule has 2 aromatic carbocycles. The van der Waals surface area contributed by atoms with E-state index in [2.05, 4.69) is 28.7 Å². The first kappa shape index (κ1) is 22.6. The smallest absolute Gasteiger partial charge is 0.257 e. The van der Waals surface area contributed by atoms with Gasteiger partial charge in [0.25, 0.3) is 11.8 Å². The molecule has 4 rings (SSSR count). The van der Waals surface area contributed by atoms with Crippen molar-refractivity contribution >= 4 is 46.0 Å². The van der Waals surface area contributed by atoms with Crippen molar-refractivity contribution in [2.45, 2.75) is 44.6 Å². The van der Waals surface area contributed by atoms with E-state index in [9.17, 15) is 18.8 Å². The van der Waals surface area contributed by atoms with Gasteiger partial charge in [0.1, 0.15) is 11.9 Å². The van der Waals surface area contributed by atoms with E-state index in [1.807, 2.05) is 12.1 Å². The van der Waals surface area contributed by atoms with E-state index in [4.69, 9.17) is 0 Å². The van der Waals surface area contributed by atoms with Gasteiger partial charge < -0.3 is 4.90 Å². The van der Waals surface area contributed by atoms with Crippen LogP contribution in [0.1, 0.15) is 48.9 Å². The van der Waals surface area contributed by atoms with Crippen molar-refractivity contribution < 1.29 is 18.8 Å². The summed E-state index contributed by atoms with van der Waals surface area (Å²) >= 11 is 2.15. The summed E-state index contributed by atoms with van der Waals surface area (Å²) in [7, 11) is 0. The fourth-order valence-electron chi connectivity index (χ4n) is 4.30. The summed E-state index contributed by atoms with van der Waals surface area (Å²) in [6.07, 6.45) is 6.93. The fraction of sp³-hybridized carbons (Fsp3) is 0.320. The molecule has 2 aliphatic rings. The Morgan fingerprint density at radius 1 is 1.09 bits per heavy atom. The minimum atomic E-state index is -0.946. The number of benzene rings is 2. The van der Waals surface area contributed by atoms with Crippen LogP contribution < -0.4 is 4.90 Å². The monoisotopic (exact) mass is 546 g/mol. The molecule has 3 amide bonds. The van der Waals surface area contributed by atoms with Crippen molar-refractivity contribution in [2.24, 2.45) is 0 Å². The van der Waals surface area contributed by atoms with Crippen molar-refractivity contribution in [2.75, 3.05) is 11.4 Å². The highest BCUT2D eigenvalue weighted by atomic mass is 127. The van der Waals surface area contributed by atoms with Gasteiger partial charge in [0.05, 0.1) is 17.7 Å². The van der Waals surface area contributed by atoms with Crippen LogP contribution in [-0.4, -0.2) is 35.2 Å². The summed E-state index contributed by atoms with van der Waals surface area (Å²) in [6, 6.07) is 11.9. The van der Waals surface area contributed by atoms with E-state index in [0.29, 0.717) is 12.1 Å². The van der Waals surface area contributed by atoms with Gasteiger partial charge >= 0.3 is 0 Å². The van der Waals surface area contributed by atoms with E-state index >= 15 is 0 Å². The lowest BCUT2D eigenvalue weighted by Crippen LogP contribution is -2.46. The first-order valence-corrected chi connectivity index (χ1v) is 11.9. The predicted molar refractivity (Wildman–Crippen MR) is 129 cm³/mol. The molecule has 166 valence electrons. The molecule has 0 spiro atoms. The van der Waals surface area contributed by atoms with E-state index in [0.717, 1.165) is 34.2 Å². The normalized spacial score (nSPS) is 18.6. The first-order valence-electron chi connectivity index (χ1n) is 10.8. The minimum absolute atomic E-state index is 0.0851. The van der Waals surface area contributed by atoms with Gasteiger partial charge in [-0.15, -0.1) is 0 Å². The predicted octanol–water partition coefficient (Wildman–Crippen LogP) is 5.10. The number of hydrogen-bond acceptors (Lipinski definition) is 3. The molecule has 7 heteroatoms. The van der Waals surface area contributed by atoms with Crippen LogP contribution in [-0.2, 0) is 9.59 Å². The van der Waals surface area contributed by atoms with Crippen LogP contribution in [0.4, 0.5) is 10.1 Å². The highest BCUT2D eigenvalue weighted by Gasteiger charge is 2.44. The van der Waals surface area contributed by atoms with Gasteiger partial charge in [-0.05, 0) is 91.1 Å². The van der Waals surface area contributed by atoms with Crippen molar-refractivity contribution in [3.05, 3.63) is 75.1 Å². The van der Waals surface area contributed by atoms with Crippen LogP contribution in [0.25, 0.3) is 0 Å². The number of halogens is 2. The molecule has 1 aliphatic carbocycles. The number of carbonyl (C=O) groups excluding carboxylic acids is 3. The number of anilines is 1. The molecule has 1 saturated heterocycles. The summed E-state index contributed by atoms with van der Waals surface area (Å²) in [5.74, 6) is -2.00. The number of imide groups is 1. The third kappa shape index (κ3) is 4.77. The average molecular weight is 546 g/mol. The number of allylic oxidation sites excluding steroid dienone is 1. The summed E-state index contributed by atoms with van der Waals surface area (Å²) in [6.45, 7) is 0.267. The van der Waals surface area contributed by atoms with Crippen molar-refractivity contribution in [1.82, 2.24) is 4.90 Å². The van der Waals surface area contributed by atoms with Gasteiger partial charge in [-0.25, -0.2) is 9.29 Å². The van der Waals surface area contributed by atoms with Gasteiger partial charge in [0.2, 0.25) is 5.91 Å². The maximum absolute atomic E-state index is 14.4. The first-order chi connectivity index (χ1) is 15.5. The van der Waals surface area contributed by atoms with Crippen LogP contribution >= 0.6 is 22.6 Å². The van der Waals surface area contributed by atoms with Crippen molar-refractivity contribution in [3.8, 4) is 0 Å². The third-order valence-corrected chi connectivity index (χ3v) is 6.73. The number of carbonyl (C=O) groups is 3. The molecule has 32 heavy (non-hydrogen) atoms. The summed E-state index contributed by atoms with van der Waals surface area (Å²) in [4.78, 5) is 42.0. The Kier molecular flexibility index (Phi) is 7.03. The van der Waals surface area contributed by atoms with Gasteiger partial charge in [0.15, 0.2) is 0 Å². The van der Waals surface area contributed by atoms with Crippen molar-refractivity contribution in [1.29, 1.82) is 0 Å². The molecular weight excluding hydrogens is 522 g/mol. The fourth-order valence-corrected chi connectivity index (χ4v) is 4.66. The molecule has 1 unspecified atom stereocenters. The summed E-state index contributed by atoms with van der Waals surface area (Å²) in [5.41, 5.74) is 1.64. The van der Waals surface area contributed by atoms with Gasteiger partial charge in [-0.3, -0.25) is 14.4 Å². The molecule has 0 saturated carbocycles. The Morgan fingerprint density at radius 3 is 2.53 bits per heavy atom. The minimum Gasteiger partial charge on any atom is -0.326 e. The number of rotatable bonds is 6. The summed E-state index contributed by atoms with van der Waals surface area (Å²) in [5, 5.41) is 0. The van der Waals surface area contributed by atoms with Gasteiger partial charge in [0, 0.05) is 10.1 Å². The van der Waals surface area contributed by atoms with E-state index in [1.54, 1.807) is 18.2 Å². The second kappa shape index (κ2) is 9.94. The van der Waals surface area contributed by atoms with Crippen LogP contribution in [0.3, 0.4) is 0 Å². The molecule has 0 bridgehead atoms. The van der Waals surface area contributed by atoms with Crippen LogP contribution in [0.15, 0.2) is 60.2 Å². The Hall–Kier alpha value is -2.55. The highest BCUT2D eigenvalue weighted by molar-refractivity contribution is 14.1. The Balaban J connectivity index is 1.62. The van der Waals surface area contributed by atoms with E-state index in [1.165, 1.54) is 28.7 Å². The lowest BCUT2D eigenvalue weighted by atomic mass is 9.96. The molecule has 1 heterocycles. The van der Waals surface area contributed by atoms with Gasteiger partial charge in [-0.2, -0.15) is 0 Å². The number of nitrogens with zero attached hydrogens (tertiary/aromatic N) is 2. The maximum Gasteiger partial charge on any atom is 0.257 e. The zero-order valence-electron chi connectivity index (χ0n) is 17.6. The molecule has 0 aromatic heterocycles. The zero-order valence-corrected chi connectivity index (χ0v) is 19.8. The third-order valence-electron chi connectivity index (χ3n) is 6.01. The highest BCUT2D eigenvalue weighted by Crippen LogP contribution is 2.29. The lowest BCUT2D eigenvalue weighted by molar-refractivity contribution is -0.122. The standard InChI is InChI=1S/C25H24FIN2O3/c26-21-9-5-4-8-20(21)24(31)28(15-14-17-6-2-1-3-7-17)22-16-23(30)29(25(22)32)19-12-10-18(27)11-13-19/h4-6,8-13,22H,1-3,7,14-16H2. The van der Waals surface area contributed by atoms with Crippen LogP contribution in [0.2, 0.25) is 0 Å².